The maximum atomic E-state index is 11.1. The topological polar surface area (TPSA) is 59.3 Å². The molecule has 16 heavy (non-hydrogen) atoms. The Balaban J connectivity index is 2.82. The first-order valence-electron chi connectivity index (χ1n) is 5.64. The molecular formula is C12H19NO3. The number of aldehydes is 1. The molecule has 0 heterocycles. The second-order valence-electron chi connectivity index (χ2n) is 4.47. The SMILES string of the molecule is COC(C=O)(CC1(C#N)CCCCC1)OC. The first kappa shape index (κ1) is 13.1. The lowest BCUT2D eigenvalue weighted by Crippen LogP contribution is -2.42. The number of nitrogens with zero attached hydrogens (tertiary/aromatic N) is 1. The van der Waals surface area contributed by atoms with Crippen LogP contribution in [0.1, 0.15) is 38.5 Å². The van der Waals surface area contributed by atoms with E-state index in [9.17, 15) is 10.1 Å². The van der Waals surface area contributed by atoms with Crippen molar-refractivity contribution in [2.45, 2.75) is 44.3 Å². The maximum absolute atomic E-state index is 11.1. The first-order valence-corrected chi connectivity index (χ1v) is 5.64. The Bertz CT molecular complexity index is 272. The molecule has 1 rings (SSSR count). The Hall–Kier alpha value is -0.920. The minimum absolute atomic E-state index is 0.326. The number of hydrogen-bond acceptors (Lipinski definition) is 4. The highest BCUT2D eigenvalue weighted by atomic mass is 16.7. The summed E-state index contributed by atoms with van der Waals surface area (Å²) in [5, 5.41) is 9.31. The van der Waals surface area contributed by atoms with Crippen molar-refractivity contribution in [1.82, 2.24) is 0 Å². The van der Waals surface area contributed by atoms with Crippen molar-refractivity contribution in [3.8, 4) is 6.07 Å². The number of nitriles is 1. The quantitative estimate of drug-likeness (QED) is 0.530. The molecule has 0 aliphatic heterocycles. The van der Waals surface area contributed by atoms with Gasteiger partial charge in [0.25, 0.3) is 0 Å². The van der Waals surface area contributed by atoms with Gasteiger partial charge in [-0.3, -0.25) is 4.79 Å². The van der Waals surface area contributed by atoms with Gasteiger partial charge in [0.05, 0.1) is 11.5 Å². The van der Waals surface area contributed by atoms with Crippen LogP contribution in [0.2, 0.25) is 0 Å². The summed E-state index contributed by atoms with van der Waals surface area (Å²) in [5.74, 6) is -1.26. The standard InChI is InChI=1S/C12H19NO3/c1-15-12(10-14,16-2)8-11(9-13)6-4-3-5-7-11/h10H,3-8H2,1-2H3. The van der Waals surface area contributed by atoms with E-state index in [2.05, 4.69) is 6.07 Å². The van der Waals surface area contributed by atoms with E-state index in [0.29, 0.717) is 12.7 Å². The lowest BCUT2D eigenvalue weighted by atomic mass is 9.71. The minimum Gasteiger partial charge on any atom is -0.347 e. The molecule has 0 atom stereocenters. The summed E-state index contributed by atoms with van der Waals surface area (Å²) in [5.41, 5.74) is -0.467. The Morgan fingerprint density at radius 3 is 2.25 bits per heavy atom. The van der Waals surface area contributed by atoms with Crippen LogP contribution in [0.3, 0.4) is 0 Å². The van der Waals surface area contributed by atoms with Crippen LogP contribution < -0.4 is 0 Å². The van der Waals surface area contributed by atoms with Gasteiger partial charge >= 0.3 is 0 Å². The zero-order valence-corrected chi connectivity index (χ0v) is 9.99. The molecule has 1 fully saturated rings. The van der Waals surface area contributed by atoms with Gasteiger partial charge in [-0.15, -0.1) is 0 Å². The third-order valence-electron chi connectivity index (χ3n) is 3.50. The van der Waals surface area contributed by atoms with Crippen molar-refractivity contribution in [3.05, 3.63) is 0 Å². The number of rotatable bonds is 5. The molecule has 0 aromatic heterocycles. The fraction of sp³-hybridized carbons (Fsp3) is 0.833. The zero-order chi connectivity index (χ0) is 12.1. The number of methoxy groups -OCH3 is 2. The summed E-state index contributed by atoms with van der Waals surface area (Å²) < 4.78 is 10.2. The third kappa shape index (κ3) is 2.60. The van der Waals surface area contributed by atoms with Crippen molar-refractivity contribution < 1.29 is 14.3 Å². The number of hydrogen-bond donors (Lipinski definition) is 0. The summed E-state index contributed by atoms with van der Waals surface area (Å²) in [7, 11) is 2.87. The van der Waals surface area contributed by atoms with Crippen molar-refractivity contribution in [2.24, 2.45) is 5.41 Å². The molecule has 1 aliphatic rings. The fourth-order valence-corrected chi connectivity index (χ4v) is 2.39. The second kappa shape index (κ2) is 5.42. The molecule has 0 unspecified atom stereocenters. The van der Waals surface area contributed by atoms with Crippen LogP contribution in [0, 0.1) is 16.7 Å². The number of carbonyl (C=O) groups is 1. The van der Waals surface area contributed by atoms with Crippen LogP contribution in [0.15, 0.2) is 0 Å². The highest BCUT2D eigenvalue weighted by Crippen LogP contribution is 2.42. The highest BCUT2D eigenvalue weighted by Gasteiger charge is 2.43. The Morgan fingerprint density at radius 2 is 1.88 bits per heavy atom. The molecule has 1 aliphatic carbocycles. The largest absolute Gasteiger partial charge is 0.347 e. The van der Waals surface area contributed by atoms with E-state index in [1.807, 2.05) is 0 Å². The van der Waals surface area contributed by atoms with Gasteiger partial charge in [-0.05, 0) is 12.8 Å². The Kier molecular flexibility index (Phi) is 4.45. The average Bonchev–Trinajstić information content (AvgIpc) is 2.37. The molecule has 4 nitrogen and oxygen atoms in total. The summed E-state index contributed by atoms with van der Waals surface area (Å²) in [6.07, 6.45) is 5.87. The molecule has 0 saturated heterocycles. The molecule has 0 N–H and O–H groups in total. The molecule has 90 valence electrons. The van der Waals surface area contributed by atoms with Gasteiger partial charge in [-0.2, -0.15) is 5.26 Å². The molecule has 0 radical (unpaired) electrons. The second-order valence-corrected chi connectivity index (χ2v) is 4.47. The summed E-state index contributed by atoms with van der Waals surface area (Å²) in [6.45, 7) is 0. The predicted octanol–water partition coefficient (Wildman–Crippen LogP) is 2.04. The van der Waals surface area contributed by atoms with Crippen LogP contribution in [-0.2, 0) is 14.3 Å². The van der Waals surface area contributed by atoms with Gasteiger partial charge in [0.2, 0.25) is 5.79 Å². The van der Waals surface area contributed by atoms with Gasteiger partial charge < -0.3 is 9.47 Å². The van der Waals surface area contributed by atoms with Crippen molar-refractivity contribution in [3.63, 3.8) is 0 Å². The smallest absolute Gasteiger partial charge is 0.226 e. The number of carbonyl (C=O) groups excluding carboxylic acids is 1. The normalized spacial score (nSPS) is 20.1. The molecule has 1 saturated carbocycles. The lowest BCUT2D eigenvalue weighted by Gasteiger charge is -2.36. The van der Waals surface area contributed by atoms with E-state index < -0.39 is 11.2 Å². The zero-order valence-electron chi connectivity index (χ0n) is 9.99. The van der Waals surface area contributed by atoms with Gasteiger partial charge in [-0.1, -0.05) is 19.3 Å². The Labute approximate surface area is 96.5 Å². The van der Waals surface area contributed by atoms with E-state index in [1.54, 1.807) is 0 Å². The minimum atomic E-state index is -1.26. The average molecular weight is 225 g/mol. The van der Waals surface area contributed by atoms with Gasteiger partial charge in [0.1, 0.15) is 0 Å². The summed E-state index contributed by atoms with van der Waals surface area (Å²) in [6, 6.07) is 2.36. The van der Waals surface area contributed by atoms with Crippen LogP contribution in [-0.4, -0.2) is 26.3 Å². The monoisotopic (exact) mass is 225 g/mol. The van der Waals surface area contributed by atoms with Crippen LogP contribution >= 0.6 is 0 Å². The molecule has 0 amide bonds. The molecule has 0 aromatic rings. The lowest BCUT2D eigenvalue weighted by molar-refractivity contribution is -0.208. The van der Waals surface area contributed by atoms with Crippen LogP contribution in [0.4, 0.5) is 0 Å². The molecule has 0 spiro atoms. The molecule has 4 heteroatoms. The molecule has 0 aromatic carbocycles. The maximum Gasteiger partial charge on any atom is 0.226 e. The summed E-state index contributed by atoms with van der Waals surface area (Å²) >= 11 is 0. The highest BCUT2D eigenvalue weighted by molar-refractivity contribution is 5.60. The Morgan fingerprint density at radius 1 is 1.31 bits per heavy atom. The first-order chi connectivity index (χ1) is 7.66. The third-order valence-corrected chi connectivity index (χ3v) is 3.50. The van der Waals surface area contributed by atoms with E-state index in [4.69, 9.17) is 9.47 Å². The van der Waals surface area contributed by atoms with Crippen molar-refractivity contribution in [1.29, 1.82) is 5.26 Å². The van der Waals surface area contributed by atoms with E-state index in [-0.39, 0.29) is 0 Å². The summed E-state index contributed by atoms with van der Waals surface area (Å²) in [4.78, 5) is 11.1. The molecular weight excluding hydrogens is 206 g/mol. The van der Waals surface area contributed by atoms with Crippen LogP contribution in [0.5, 0.6) is 0 Å². The fourth-order valence-electron chi connectivity index (χ4n) is 2.39. The van der Waals surface area contributed by atoms with E-state index >= 15 is 0 Å². The van der Waals surface area contributed by atoms with Crippen molar-refractivity contribution in [2.75, 3.05) is 14.2 Å². The molecule has 0 bridgehead atoms. The number of ether oxygens (including phenoxy) is 2. The van der Waals surface area contributed by atoms with Gasteiger partial charge in [-0.25, -0.2) is 0 Å². The van der Waals surface area contributed by atoms with Crippen molar-refractivity contribution >= 4 is 6.29 Å². The van der Waals surface area contributed by atoms with E-state index in [1.165, 1.54) is 14.2 Å². The van der Waals surface area contributed by atoms with Gasteiger partial charge in [0.15, 0.2) is 6.29 Å². The van der Waals surface area contributed by atoms with Gasteiger partial charge in [0, 0.05) is 20.6 Å². The predicted molar refractivity (Wildman–Crippen MR) is 58.6 cm³/mol. The van der Waals surface area contributed by atoms with Crippen LogP contribution in [0.25, 0.3) is 0 Å². The van der Waals surface area contributed by atoms with E-state index in [0.717, 1.165) is 32.1 Å².